The quantitative estimate of drug-likeness (QED) is 0.0846. The highest BCUT2D eigenvalue weighted by Gasteiger charge is 2.42. The van der Waals surface area contributed by atoms with Gasteiger partial charge in [-0.25, -0.2) is 14.8 Å². The Labute approximate surface area is 445 Å². The number of piperidine rings is 2. The molecule has 1 unspecified atom stereocenters. The Kier molecular flexibility index (Phi) is 13.5. The number of benzene rings is 4. The second-order valence-corrected chi connectivity index (χ2v) is 23.3. The fourth-order valence-corrected chi connectivity index (χ4v) is 13.0. The number of aromatic carboxylic acids is 1. The second kappa shape index (κ2) is 20.2. The number of aromatic nitrogens is 4. The molecular formula is C59H63N9O7S. The average molecular weight is 1040 g/mol. The molecule has 3 aromatic heterocycles. The van der Waals surface area contributed by atoms with E-state index in [0.717, 1.165) is 99.9 Å². The van der Waals surface area contributed by atoms with E-state index in [1.807, 2.05) is 92.8 Å². The number of aryl methyl sites for hydroxylation is 1. The van der Waals surface area contributed by atoms with E-state index in [-0.39, 0.29) is 41.2 Å². The average Bonchev–Trinajstić information content (AvgIpc) is 4.11. The van der Waals surface area contributed by atoms with Crippen LogP contribution < -0.4 is 25.6 Å². The van der Waals surface area contributed by atoms with E-state index in [2.05, 4.69) is 62.7 Å². The molecule has 17 heteroatoms. The van der Waals surface area contributed by atoms with Gasteiger partial charge in [0.25, 0.3) is 5.91 Å². The van der Waals surface area contributed by atoms with Crippen LogP contribution in [0.3, 0.4) is 0 Å². The first kappa shape index (κ1) is 50.6. The van der Waals surface area contributed by atoms with Gasteiger partial charge in [0.05, 0.1) is 40.5 Å². The number of rotatable bonds is 12. The number of anilines is 3. The largest absolute Gasteiger partial charge is 0.493 e. The van der Waals surface area contributed by atoms with Gasteiger partial charge in [0.2, 0.25) is 17.7 Å². The van der Waals surface area contributed by atoms with Crippen LogP contribution >= 0.6 is 11.3 Å². The minimum atomic E-state index is -1.12. The first-order valence-electron chi connectivity index (χ1n) is 26.4. The van der Waals surface area contributed by atoms with Gasteiger partial charge in [-0.15, -0.1) is 0 Å². The van der Waals surface area contributed by atoms with Gasteiger partial charge in [0.1, 0.15) is 11.6 Å². The van der Waals surface area contributed by atoms with Crippen molar-refractivity contribution in [3.63, 3.8) is 0 Å². The molecule has 3 aliphatic heterocycles. The van der Waals surface area contributed by atoms with Crippen molar-refractivity contribution in [2.45, 2.75) is 96.9 Å². The standard InChI is InChI=1S/C59H63N9O7S/c1-34-38(51-43(58(2,3)4)29-48(62-53(51)56(73)74)68-25-21-36-10-8-12-39(42(36)31-68)54(71)64-57-61-44-13-6-7-15-47(44)76-57)11-9-14-46(34)75-33-35-20-22-59(30-35)23-26-67(27-24-59)32-50(70)60-37-16-17-40-45(28-37)66(5)65-52(40)41-18-19-49(69)63-55(41)72/h6-17,28-29,35,41H,18-27,30-33H2,1-5H3,(H,60,70)(H,73,74)(H,61,64,71)(H,63,69,72)/t35-,41?/m1/s1. The number of nitrogens with one attached hydrogen (secondary N) is 3. The summed E-state index contributed by atoms with van der Waals surface area (Å²) in [6.07, 6.45) is 6.60. The molecule has 1 aliphatic carbocycles. The highest BCUT2D eigenvalue weighted by Crippen LogP contribution is 2.49. The first-order valence-corrected chi connectivity index (χ1v) is 27.2. The highest BCUT2D eigenvalue weighted by molar-refractivity contribution is 7.22. The number of fused-ring (bicyclic) bond motifs is 3. The zero-order valence-corrected chi connectivity index (χ0v) is 44.4. The van der Waals surface area contributed by atoms with Crippen molar-refractivity contribution in [3.8, 4) is 16.9 Å². The summed E-state index contributed by atoms with van der Waals surface area (Å²) in [5.41, 5.74) is 8.23. The number of imide groups is 1. The van der Waals surface area contributed by atoms with Crippen LogP contribution in [0.1, 0.15) is 120 Å². The van der Waals surface area contributed by atoms with Crippen LogP contribution in [0, 0.1) is 18.3 Å². The van der Waals surface area contributed by atoms with Crippen LogP contribution in [0.5, 0.6) is 5.75 Å². The van der Waals surface area contributed by atoms with Crippen molar-refractivity contribution < 1.29 is 33.8 Å². The van der Waals surface area contributed by atoms with Gasteiger partial charge < -0.3 is 20.1 Å². The van der Waals surface area contributed by atoms with Crippen LogP contribution in [0.4, 0.5) is 16.6 Å². The molecule has 4 aromatic carbocycles. The predicted molar refractivity (Wildman–Crippen MR) is 294 cm³/mol. The van der Waals surface area contributed by atoms with Gasteiger partial charge in [-0.2, -0.15) is 5.10 Å². The van der Waals surface area contributed by atoms with Crippen LogP contribution in [0.2, 0.25) is 0 Å². The molecule has 2 atom stereocenters. The molecule has 392 valence electrons. The Hall–Kier alpha value is -7.50. The number of hydrogen-bond donors (Lipinski definition) is 4. The summed E-state index contributed by atoms with van der Waals surface area (Å²) in [7, 11) is 1.81. The lowest BCUT2D eigenvalue weighted by Gasteiger charge is -2.39. The maximum atomic E-state index is 13.8. The highest BCUT2D eigenvalue weighted by atomic mass is 32.1. The van der Waals surface area contributed by atoms with Crippen molar-refractivity contribution in [2.75, 3.05) is 48.3 Å². The third kappa shape index (κ3) is 10.0. The van der Waals surface area contributed by atoms with Gasteiger partial charge in [0, 0.05) is 48.8 Å². The predicted octanol–water partition coefficient (Wildman–Crippen LogP) is 9.78. The van der Waals surface area contributed by atoms with E-state index in [1.54, 1.807) is 4.68 Å². The summed E-state index contributed by atoms with van der Waals surface area (Å²) in [6, 6.07) is 27.1. The lowest BCUT2D eigenvalue weighted by molar-refractivity contribution is -0.134. The second-order valence-electron chi connectivity index (χ2n) is 22.3. The molecule has 6 heterocycles. The molecule has 76 heavy (non-hydrogen) atoms. The Morgan fingerprint density at radius 2 is 1.71 bits per heavy atom. The molecule has 2 saturated heterocycles. The van der Waals surface area contributed by atoms with E-state index in [0.29, 0.717) is 78.5 Å². The third-order valence-corrected chi connectivity index (χ3v) is 17.2. The third-order valence-electron chi connectivity index (χ3n) is 16.2. The maximum absolute atomic E-state index is 13.8. The van der Waals surface area contributed by atoms with Crippen molar-refractivity contribution in [1.82, 2.24) is 30.0 Å². The number of hydrogen-bond acceptors (Lipinski definition) is 12. The Bertz CT molecular complexity index is 3440. The smallest absolute Gasteiger partial charge is 0.355 e. The maximum Gasteiger partial charge on any atom is 0.355 e. The molecule has 4 amide bonds. The molecule has 11 rings (SSSR count). The molecular weight excluding hydrogens is 979 g/mol. The Balaban J connectivity index is 0.730. The fraction of sp³-hybridized carbons (Fsp3) is 0.390. The number of amides is 4. The number of carboxylic acids is 1. The lowest BCUT2D eigenvalue weighted by atomic mass is 9.76. The van der Waals surface area contributed by atoms with Crippen molar-refractivity contribution in [2.24, 2.45) is 18.4 Å². The van der Waals surface area contributed by atoms with Crippen molar-refractivity contribution in [3.05, 3.63) is 124 Å². The molecule has 0 radical (unpaired) electrons. The number of pyridine rings is 1. The number of carbonyl (C=O) groups excluding carboxylic acids is 4. The van der Waals surface area contributed by atoms with Crippen LogP contribution in [0.25, 0.3) is 32.2 Å². The number of para-hydroxylation sites is 1. The van der Waals surface area contributed by atoms with Crippen molar-refractivity contribution in [1.29, 1.82) is 0 Å². The van der Waals surface area contributed by atoms with E-state index in [4.69, 9.17) is 9.72 Å². The van der Waals surface area contributed by atoms with E-state index < -0.39 is 17.3 Å². The molecule has 7 aromatic rings. The summed E-state index contributed by atoms with van der Waals surface area (Å²) in [5, 5.41) is 25.4. The van der Waals surface area contributed by atoms with Gasteiger partial charge in [-0.1, -0.05) is 68.5 Å². The zero-order valence-electron chi connectivity index (χ0n) is 43.6. The molecule has 16 nitrogen and oxygen atoms in total. The summed E-state index contributed by atoms with van der Waals surface area (Å²) in [5.74, 6) is -0.884. The molecule has 3 fully saturated rings. The number of thiazole rings is 1. The molecule has 4 N–H and O–H groups in total. The molecule has 0 bridgehead atoms. The van der Waals surface area contributed by atoms with Gasteiger partial charge >= 0.3 is 5.97 Å². The minimum Gasteiger partial charge on any atom is -0.493 e. The van der Waals surface area contributed by atoms with Crippen LogP contribution in [-0.4, -0.2) is 92.1 Å². The van der Waals surface area contributed by atoms with Crippen molar-refractivity contribution >= 4 is 78.7 Å². The number of nitrogens with zero attached hydrogens (tertiary/aromatic N) is 6. The van der Waals surface area contributed by atoms with Gasteiger partial charge in [0.15, 0.2) is 10.8 Å². The van der Waals surface area contributed by atoms with E-state index in [1.165, 1.54) is 11.3 Å². The minimum absolute atomic E-state index is 0.0230. The van der Waals surface area contributed by atoms with Gasteiger partial charge in [-0.3, -0.25) is 39.4 Å². The van der Waals surface area contributed by atoms with E-state index in [9.17, 15) is 29.1 Å². The van der Waals surface area contributed by atoms with Gasteiger partial charge in [-0.05, 0) is 158 Å². The topological polar surface area (TPSA) is 201 Å². The monoisotopic (exact) mass is 1040 g/mol. The molecule has 1 saturated carbocycles. The van der Waals surface area contributed by atoms with Crippen LogP contribution in [-0.2, 0) is 39.8 Å². The normalized spacial score (nSPS) is 18.7. The Morgan fingerprint density at radius 3 is 2.49 bits per heavy atom. The SMILES string of the molecule is Cc1c(OC[C@@H]2CCC3(CCN(CC(=O)Nc4ccc5c(C6CCC(=O)NC6=O)nn(C)c5c4)CC3)C2)cccc1-c1c(C(C)(C)C)cc(N2CCc3cccc(C(=O)Nc4nc5ccccc5s4)c3C2)nc1C(=O)O. The van der Waals surface area contributed by atoms with E-state index >= 15 is 0 Å². The number of carbonyl (C=O) groups is 5. The lowest BCUT2D eigenvalue weighted by Crippen LogP contribution is -2.42. The fourth-order valence-electron chi connectivity index (χ4n) is 12.1. The summed E-state index contributed by atoms with van der Waals surface area (Å²) in [4.78, 5) is 78.8. The molecule has 4 aliphatic rings. The number of carboxylic acid groups (broad SMARTS) is 1. The number of likely N-dealkylation sites (tertiary alicyclic amines) is 1. The summed E-state index contributed by atoms with van der Waals surface area (Å²) >= 11 is 1.43. The number of ether oxygens (including phenoxy) is 1. The van der Waals surface area contributed by atoms with Crippen LogP contribution in [0.15, 0.2) is 84.9 Å². The first-order chi connectivity index (χ1) is 36.5. The molecule has 1 spiro atoms. The Morgan fingerprint density at radius 1 is 0.908 bits per heavy atom. The summed E-state index contributed by atoms with van der Waals surface area (Å²) < 4.78 is 9.38. The summed E-state index contributed by atoms with van der Waals surface area (Å²) in [6.45, 7) is 11.8. The zero-order chi connectivity index (χ0) is 53.0.